The van der Waals surface area contributed by atoms with Crippen LogP contribution in [0.5, 0.6) is 0 Å². The quantitative estimate of drug-likeness (QED) is 0.688. The molecule has 2 aliphatic rings. The molecule has 1 N–H and O–H groups in total. The number of hydrogen-bond donors (Lipinski definition) is 1. The number of ether oxygens (including phenoxy) is 3. The number of carbonyl (C=O) groups excluding carboxylic acids is 3. The van der Waals surface area contributed by atoms with Gasteiger partial charge in [0.15, 0.2) is 11.5 Å². The van der Waals surface area contributed by atoms with Crippen LogP contribution >= 0.6 is 0 Å². The summed E-state index contributed by atoms with van der Waals surface area (Å²) in [5.41, 5.74) is -0.0126. The second kappa shape index (κ2) is 8.67. The average molecular weight is 450 g/mol. The van der Waals surface area contributed by atoms with Crippen molar-refractivity contribution >= 4 is 17.8 Å². The zero-order chi connectivity index (χ0) is 22.9. The summed E-state index contributed by atoms with van der Waals surface area (Å²) in [5, 5.41) is 2.41. The second-order valence-corrected chi connectivity index (χ2v) is 7.34. The van der Waals surface area contributed by atoms with E-state index in [0.29, 0.717) is 19.3 Å². The first kappa shape index (κ1) is 21.9. The van der Waals surface area contributed by atoms with Gasteiger partial charge in [-0.15, -0.1) is 0 Å². The highest BCUT2D eigenvalue weighted by molar-refractivity contribution is 5.95. The molecular weight excluding hydrogens is 430 g/mol. The maximum atomic E-state index is 13.9. The van der Waals surface area contributed by atoms with Gasteiger partial charge in [-0.3, -0.25) is 9.59 Å². The topological polar surface area (TPSA) is 107 Å². The lowest BCUT2D eigenvalue weighted by Crippen LogP contribution is -2.46. The van der Waals surface area contributed by atoms with Crippen molar-refractivity contribution in [3.8, 4) is 11.3 Å². The molecule has 2 saturated heterocycles. The van der Waals surface area contributed by atoms with Crippen LogP contribution in [0.3, 0.4) is 0 Å². The molecule has 1 atom stereocenters. The molecule has 0 radical (unpaired) electrons. The molecule has 4 rings (SSSR count). The van der Waals surface area contributed by atoms with Crippen LogP contribution in [-0.2, 0) is 23.8 Å². The van der Waals surface area contributed by atoms with Crippen molar-refractivity contribution in [1.82, 2.24) is 10.2 Å². The fraction of sp³-hybridized carbons (Fsp3) is 0.381. The van der Waals surface area contributed by atoms with E-state index in [4.69, 9.17) is 18.6 Å². The first-order valence-electron chi connectivity index (χ1n) is 9.80. The third-order valence-electron chi connectivity index (χ3n) is 5.33. The number of rotatable bonds is 5. The molecule has 9 nitrogen and oxygen atoms in total. The van der Waals surface area contributed by atoms with Gasteiger partial charge in [-0.05, 0) is 24.3 Å². The predicted molar refractivity (Wildman–Crippen MR) is 103 cm³/mol. The number of halogens is 2. The van der Waals surface area contributed by atoms with E-state index >= 15 is 0 Å². The normalized spacial score (nSPS) is 19.3. The fourth-order valence-electron chi connectivity index (χ4n) is 3.79. The van der Waals surface area contributed by atoms with Crippen LogP contribution in [0.25, 0.3) is 11.3 Å². The number of furan rings is 1. The van der Waals surface area contributed by atoms with Gasteiger partial charge in [0.1, 0.15) is 23.4 Å². The maximum absolute atomic E-state index is 13.9. The number of nitrogens with one attached hydrogen (secondary N) is 1. The zero-order valence-corrected chi connectivity index (χ0v) is 17.1. The van der Waals surface area contributed by atoms with Crippen molar-refractivity contribution in [1.29, 1.82) is 0 Å². The molecule has 170 valence electrons. The van der Waals surface area contributed by atoms with E-state index < -0.39 is 47.8 Å². The standard InChI is InChI=1S/C21H20F2N2O7/c1-29-20(28)15-9-21(30-6-7-31-21)11-25(15)18(26)10-24-19(27)17-5-4-16(32-17)13-3-2-12(22)8-14(13)23/h2-5,8,15H,6-7,9-11H2,1H3,(H,24,27)/t15-/m0/s1. The summed E-state index contributed by atoms with van der Waals surface area (Å²) in [4.78, 5) is 38.5. The van der Waals surface area contributed by atoms with E-state index in [1.807, 2.05) is 0 Å². The van der Waals surface area contributed by atoms with Crippen LogP contribution in [0, 0.1) is 11.6 Å². The Morgan fingerprint density at radius 1 is 1.19 bits per heavy atom. The van der Waals surface area contributed by atoms with Gasteiger partial charge in [0, 0.05) is 12.5 Å². The van der Waals surface area contributed by atoms with Crippen LogP contribution < -0.4 is 5.32 Å². The molecule has 1 spiro atoms. The van der Waals surface area contributed by atoms with Gasteiger partial charge >= 0.3 is 5.97 Å². The van der Waals surface area contributed by atoms with Crippen molar-refractivity contribution in [2.75, 3.05) is 33.4 Å². The third-order valence-corrected chi connectivity index (χ3v) is 5.33. The summed E-state index contributed by atoms with van der Waals surface area (Å²) >= 11 is 0. The number of carbonyl (C=O) groups is 3. The van der Waals surface area contributed by atoms with Gasteiger partial charge in [0.2, 0.25) is 5.91 Å². The summed E-state index contributed by atoms with van der Waals surface area (Å²) in [5.74, 6) is -4.65. The molecule has 0 unspecified atom stereocenters. The monoisotopic (exact) mass is 450 g/mol. The molecule has 32 heavy (non-hydrogen) atoms. The molecule has 2 fully saturated rings. The summed E-state index contributed by atoms with van der Waals surface area (Å²) in [7, 11) is 1.21. The van der Waals surface area contributed by atoms with E-state index in [2.05, 4.69) is 5.32 Å². The Morgan fingerprint density at radius 2 is 1.94 bits per heavy atom. The predicted octanol–water partition coefficient (Wildman–Crippen LogP) is 1.47. The van der Waals surface area contributed by atoms with Crippen molar-refractivity contribution in [2.45, 2.75) is 18.2 Å². The van der Waals surface area contributed by atoms with Gasteiger partial charge in [0.05, 0.1) is 39.0 Å². The Hall–Kier alpha value is -3.31. The van der Waals surface area contributed by atoms with Crippen molar-refractivity contribution in [2.24, 2.45) is 0 Å². The summed E-state index contributed by atoms with van der Waals surface area (Å²) < 4.78 is 48.3. The highest BCUT2D eigenvalue weighted by atomic mass is 19.1. The Balaban J connectivity index is 1.41. The molecular formula is C21H20F2N2O7. The van der Waals surface area contributed by atoms with E-state index in [0.717, 1.165) is 6.07 Å². The summed E-state index contributed by atoms with van der Waals surface area (Å²) in [6, 6.07) is 4.73. The molecule has 0 bridgehead atoms. The SMILES string of the molecule is COC(=O)[C@@H]1CC2(CN1C(=O)CNC(=O)c1ccc(-c3ccc(F)cc3F)o1)OCCO2. The number of likely N-dealkylation sites (tertiary alicyclic amines) is 1. The number of amides is 2. The van der Waals surface area contributed by atoms with Gasteiger partial charge in [-0.1, -0.05) is 0 Å². The molecule has 2 amide bonds. The van der Waals surface area contributed by atoms with Crippen LogP contribution in [0.4, 0.5) is 8.78 Å². The van der Waals surface area contributed by atoms with Gasteiger partial charge in [-0.2, -0.15) is 0 Å². The molecule has 11 heteroatoms. The van der Waals surface area contributed by atoms with Crippen molar-refractivity contribution < 1.29 is 41.8 Å². The number of methoxy groups -OCH3 is 1. The molecule has 0 aliphatic carbocycles. The van der Waals surface area contributed by atoms with Crippen molar-refractivity contribution in [3.63, 3.8) is 0 Å². The number of hydrogen-bond acceptors (Lipinski definition) is 7. The van der Waals surface area contributed by atoms with Crippen LogP contribution in [0.1, 0.15) is 17.0 Å². The largest absolute Gasteiger partial charge is 0.467 e. The minimum Gasteiger partial charge on any atom is -0.467 e. The second-order valence-electron chi connectivity index (χ2n) is 7.34. The number of nitrogens with zero attached hydrogens (tertiary/aromatic N) is 1. The highest BCUT2D eigenvalue weighted by Crippen LogP contribution is 2.35. The molecule has 1 aromatic heterocycles. The fourth-order valence-corrected chi connectivity index (χ4v) is 3.79. The Bertz CT molecular complexity index is 1050. The molecule has 1 aromatic carbocycles. The molecule has 0 saturated carbocycles. The van der Waals surface area contributed by atoms with E-state index in [-0.39, 0.29) is 30.0 Å². The molecule has 2 aliphatic heterocycles. The number of esters is 1. The Morgan fingerprint density at radius 3 is 2.62 bits per heavy atom. The lowest BCUT2D eigenvalue weighted by Gasteiger charge is -2.23. The minimum absolute atomic E-state index is 0.0126. The van der Waals surface area contributed by atoms with Crippen LogP contribution in [0.2, 0.25) is 0 Å². The summed E-state index contributed by atoms with van der Waals surface area (Å²) in [6.45, 7) is 0.295. The zero-order valence-electron chi connectivity index (χ0n) is 17.1. The van der Waals surface area contributed by atoms with E-state index in [1.165, 1.54) is 30.2 Å². The first-order chi connectivity index (χ1) is 15.3. The smallest absolute Gasteiger partial charge is 0.328 e. The minimum atomic E-state index is -1.06. The Kier molecular flexibility index (Phi) is 5.94. The maximum Gasteiger partial charge on any atom is 0.328 e. The third kappa shape index (κ3) is 4.21. The van der Waals surface area contributed by atoms with Crippen LogP contribution in [-0.4, -0.2) is 67.9 Å². The average Bonchev–Trinajstić information content (AvgIpc) is 3.52. The first-order valence-corrected chi connectivity index (χ1v) is 9.80. The summed E-state index contributed by atoms with van der Waals surface area (Å²) in [6.07, 6.45) is 0.129. The lowest BCUT2D eigenvalue weighted by molar-refractivity contribution is -0.152. The van der Waals surface area contributed by atoms with E-state index in [1.54, 1.807) is 0 Å². The molecule has 3 heterocycles. The number of benzene rings is 1. The van der Waals surface area contributed by atoms with E-state index in [9.17, 15) is 23.2 Å². The highest BCUT2D eigenvalue weighted by Gasteiger charge is 2.52. The van der Waals surface area contributed by atoms with Crippen molar-refractivity contribution in [3.05, 3.63) is 47.7 Å². The van der Waals surface area contributed by atoms with Gasteiger partial charge < -0.3 is 28.8 Å². The molecule has 2 aromatic rings. The van der Waals surface area contributed by atoms with Crippen LogP contribution in [0.15, 0.2) is 34.7 Å². The van der Waals surface area contributed by atoms with Gasteiger partial charge in [-0.25, -0.2) is 13.6 Å². The Labute approximate surface area is 181 Å². The lowest BCUT2D eigenvalue weighted by atomic mass is 10.1. The van der Waals surface area contributed by atoms with Gasteiger partial charge in [0.25, 0.3) is 5.91 Å².